The Bertz CT molecular complexity index is 212. The van der Waals surface area contributed by atoms with E-state index in [1.54, 1.807) is 13.8 Å². The number of hydrogen-bond donors (Lipinski definition) is 0. The molecule has 2 atom stereocenters. The monoisotopic (exact) mass is 175 g/mol. The maximum atomic E-state index is 11.4. The van der Waals surface area contributed by atoms with E-state index in [0.717, 1.165) is 12.8 Å². The van der Waals surface area contributed by atoms with Crippen LogP contribution in [0.2, 0.25) is 0 Å². The summed E-state index contributed by atoms with van der Waals surface area (Å²) in [5.74, 6) is 1.32. The number of sulfone groups is 1. The minimum absolute atomic E-state index is 0.161. The average molecular weight is 175 g/mol. The molecule has 1 heterocycles. The molecule has 11 heavy (non-hydrogen) atoms. The predicted molar refractivity (Wildman–Crippen MR) is 46.0 cm³/mol. The third kappa shape index (κ3) is 1.58. The molecule has 3 heteroatoms. The molecule has 0 bridgehead atoms. The van der Waals surface area contributed by atoms with Crippen LogP contribution in [0.15, 0.2) is 0 Å². The van der Waals surface area contributed by atoms with Crippen molar-refractivity contribution in [3.05, 3.63) is 5.92 Å². The van der Waals surface area contributed by atoms with Crippen molar-refractivity contribution in [3.8, 4) is 0 Å². The molecule has 0 aliphatic carbocycles. The van der Waals surface area contributed by atoms with Crippen molar-refractivity contribution in [2.45, 2.75) is 44.1 Å². The molecule has 0 radical (unpaired) electrons. The summed E-state index contributed by atoms with van der Waals surface area (Å²) in [5.41, 5.74) is 0. The fourth-order valence-corrected chi connectivity index (χ4v) is 3.52. The van der Waals surface area contributed by atoms with Gasteiger partial charge in [-0.05, 0) is 0 Å². The summed E-state index contributed by atoms with van der Waals surface area (Å²) in [7, 11) is -2.79. The molecule has 66 valence electrons. The third-order valence-electron chi connectivity index (χ3n) is 2.39. The first-order valence-corrected chi connectivity index (χ1v) is 5.59. The molecule has 0 amide bonds. The van der Waals surface area contributed by atoms with Crippen molar-refractivity contribution >= 4 is 9.84 Å². The Balaban J connectivity index is 2.85. The molecule has 0 aromatic carbocycles. The Labute approximate surface area is 68.9 Å². The van der Waals surface area contributed by atoms with Crippen molar-refractivity contribution in [3.63, 3.8) is 0 Å². The van der Waals surface area contributed by atoms with Crippen LogP contribution in [0.1, 0.15) is 33.6 Å². The topological polar surface area (TPSA) is 34.1 Å². The van der Waals surface area contributed by atoms with Gasteiger partial charge in [0, 0.05) is 10.5 Å². The van der Waals surface area contributed by atoms with E-state index in [9.17, 15) is 8.42 Å². The minimum Gasteiger partial charge on any atom is -0.314 e. The first kappa shape index (κ1) is 9.04. The Morgan fingerprint density at radius 3 is 1.91 bits per heavy atom. The van der Waals surface area contributed by atoms with Gasteiger partial charge in [0.05, 0.1) is 0 Å². The molecule has 1 rings (SSSR count). The van der Waals surface area contributed by atoms with Crippen LogP contribution in [-0.4, -0.2) is 18.9 Å². The average Bonchev–Trinajstić information content (AvgIpc) is 1.84. The summed E-state index contributed by atoms with van der Waals surface area (Å²) >= 11 is 0. The minimum atomic E-state index is -2.79. The Kier molecular flexibility index (Phi) is 2.28. The van der Waals surface area contributed by atoms with Gasteiger partial charge >= 0.3 is 0 Å². The summed E-state index contributed by atoms with van der Waals surface area (Å²) in [6.07, 6.45) is 1.51. The van der Waals surface area contributed by atoms with Gasteiger partial charge in [0.25, 0.3) is 0 Å². The summed E-state index contributed by atoms with van der Waals surface area (Å²) < 4.78 is 22.9. The maximum absolute atomic E-state index is 11.4. The van der Waals surface area contributed by atoms with E-state index in [1.807, 2.05) is 6.92 Å². The van der Waals surface area contributed by atoms with Crippen LogP contribution in [0.25, 0.3) is 0 Å². The van der Waals surface area contributed by atoms with E-state index in [0.29, 0.717) is 0 Å². The fraction of sp³-hybridized carbons (Fsp3) is 0.875. The molecule has 0 aromatic rings. The lowest BCUT2D eigenvalue weighted by atomic mass is 10.00. The van der Waals surface area contributed by atoms with Crippen molar-refractivity contribution in [2.75, 3.05) is 0 Å². The summed E-state index contributed by atoms with van der Waals surface area (Å²) in [6.45, 7) is 5.64. The predicted octanol–water partition coefficient (Wildman–Crippen LogP) is 1.57. The van der Waals surface area contributed by atoms with Crippen molar-refractivity contribution in [1.82, 2.24) is 0 Å². The highest BCUT2D eigenvalue weighted by molar-refractivity contribution is 7.92. The molecule has 2 unspecified atom stereocenters. The second kappa shape index (κ2) is 2.77. The van der Waals surface area contributed by atoms with Gasteiger partial charge in [-0.2, -0.15) is 19.8 Å². The van der Waals surface area contributed by atoms with E-state index in [4.69, 9.17) is 0 Å². The Morgan fingerprint density at radius 2 is 1.55 bits per heavy atom. The van der Waals surface area contributed by atoms with Gasteiger partial charge in [-0.3, -0.25) is 0 Å². The lowest BCUT2D eigenvalue weighted by molar-refractivity contribution is 0.536. The van der Waals surface area contributed by atoms with Crippen molar-refractivity contribution in [1.29, 1.82) is 0 Å². The second-order valence-electron chi connectivity index (χ2n) is 3.58. The summed E-state index contributed by atoms with van der Waals surface area (Å²) in [4.78, 5) is 0. The van der Waals surface area contributed by atoms with E-state index in [2.05, 4.69) is 0 Å². The van der Waals surface area contributed by atoms with Crippen LogP contribution < -0.4 is 0 Å². The molecule has 0 spiro atoms. The summed E-state index contributed by atoms with van der Waals surface area (Å²) in [6, 6.07) is 0. The van der Waals surface area contributed by atoms with E-state index in [-0.39, 0.29) is 10.5 Å². The Hall–Kier alpha value is -0.0500. The standard InChI is InChI=1S/C8H15O2S/c1-6-4-7(2)11(9,10)8(3)5-6/h7-8H,4-5H2,1-3H3/q-1. The lowest BCUT2D eigenvalue weighted by Crippen LogP contribution is -2.35. The zero-order valence-corrected chi connectivity index (χ0v) is 8.11. The van der Waals surface area contributed by atoms with Crippen molar-refractivity contribution in [2.24, 2.45) is 0 Å². The highest BCUT2D eigenvalue weighted by atomic mass is 32.2. The highest BCUT2D eigenvalue weighted by Gasteiger charge is 2.28. The van der Waals surface area contributed by atoms with Crippen LogP contribution in [-0.2, 0) is 9.84 Å². The summed E-state index contributed by atoms with van der Waals surface area (Å²) in [5, 5.41) is -0.322. The molecule has 0 N–H and O–H groups in total. The van der Waals surface area contributed by atoms with Crippen LogP contribution in [0.4, 0.5) is 0 Å². The van der Waals surface area contributed by atoms with Gasteiger partial charge in [-0.15, -0.1) is 0 Å². The molecule has 0 aromatic heterocycles. The van der Waals surface area contributed by atoms with Crippen LogP contribution >= 0.6 is 0 Å². The fourth-order valence-electron chi connectivity index (χ4n) is 1.69. The highest BCUT2D eigenvalue weighted by Crippen LogP contribution is 2.30. The van der Waals surface area contributed by atoms with Gasteiger partial charge in [0.15, 0.2) is 0 Å². The Morgan fingerprint density at radius 1 is 1.18 bits per heavy atom. The molecule has 1 aliphatic heterocycles. The SMILES string of the molecule is C[C-]1CC(C)S(=O)(=O)C(C)C1. The van der Waals surface area contributed by atoms with Crippen LogP contribution in [0.3, 0.4) is 0 Å². The van der Waals surface area contributed by atoms with E-state index >= 15 is 0 Å². The molecule has 0 saturated carbocycles. The quantitative estimate of drug-likeness (QED) is 0.524. The zero-order chi connectivity index (χ0) is 8.65. The van der Waals surface area contributed by atoms with Gasteiger partial charge in [0.2, 0.25) is 0 Å². The molecule has 2 nitrogen and oxygen atoms in total. The van der Waals surface area contributed by atoms with Gasteiger partial charge in [-0.1, -0.05) is 13.8 Å². The first-order valence-electron chi connectivity index (χ1n) is 3.98. The maximum Gasteiger partial charge on any atom is 0.150 e. The molecule has 1 fully saturated rings. The molecule has 1 saturated heterocycles. The van der Waals surface area contributed by atoms with Crippen LogP contribution in [0.5, 0.6) is 0 Å². The van der Waals surface area contributed by atoms with Crippen molar-refractivity contribution < 1.29 is 8.42 Å². The van der Waals surface area contributed by atoms with E-state index in [1.165, 1.54) is 5.92 Å². The van der Waals surface area contributed by atoms with Crippen LogP contribution in [0, 0.1) is 5.92 Å². The normalized spacial score (nSPS) is 38.8. The molecular formula is C8H15O2S-. The first-order chi connectivity index (χ1) is 4.94. The van der Waals surface area contributed by atoms with Gasteiger partial charge in [0.1, 0.15) is 9.84 Å². The third-order valence-corrected chi connectivity index (χ3v) is 4.97. The van der Waals surface area contributed by atoms with Gasteiger partial charge < -0.3 is 5.92 Å². The van der Waals surface area contributed by atoms with Gasteiger partial charge in [-0.25, -0.2) is 8.42 Å². The molecular weight excluding hydrogens is 160 g/mol. The molecule has 1 aliphatic rings. The number of rotatable bonds is 0. The largest absolute Gasteiger partial charge is 0.314 e. The smallest absolute Gasteiger partial charge is 0.150 e. The zero-order valence-electron chi connectivity index (χ0n) is 7.29. The lowest BCUT2D eigenvalue weighted by Gasteiger charge is -2.38. The van der Waals surface area contributed by atoms with E-state index < -0.39 is 9.84 Å². The number of hydrogen-bond acceptors (Lipinski definition) is 2. The second-order valence-corrected chi connectivity index (χ2v) is 6.36.